The van der Waals surface area contributed by atoms with E-state index in [0.717, 1.165) is 35.9 Å². The standard InChI is InChI=1S/C30H39NO4/c1-3-5-6-7-8-13-24(12-4-2)35-25-19-17-23(18-20-25)30(34)27-22-31(21-11-16-29(32)33)28-15-10-9-14-26(27)28/h9-10,14-15,17-20,22,24H,3-8,11-13,16,21H2,1-2H3,(H,32,33). The molecule has 1 unspecified atom stereocenters. The van der Waals surface area contributed by atoms with Crippen molar-refractivity contribution in [1.82, 2.24) is 4.57 Å². The van der Waals surface area contributed by atoms with Gasteiger partial charge in [0.1, 0.15) is 5.75 Å². The molecule has 1 atom stereocenters. The Labute approximate surface area is 209 Å². The number of ketones is 1. The lowest BCUT2D eigenvalue weighted by molar-refractivity contribution is -0.137. The van der Waals surface area contributed by atoms with Crippen molar-refractivity contribution in [2.45, 2.75) is 90.7 Å². The van der Waals surface area contributed by atoms with E-state index in [2.05, 4.69) is 13.8 Å². The number of carbonyl (C=O) groups is 2. The van der Waals surface area contributed by atoms with Crippen LogP contribution >= 0.6 is 0 Å². The number of hydrogen-bond donors (Lipinski definition) is 1. The highest BCUT2D eigenvalue weighted by Gasteiger charge is 2.17. The van der Waals surface area contributed by atoms with Crippen molar-refractivity contribution in [2.75, 3.05) is 0 Å². The number of carboxylic acid groups (broad SMARTS) is 1. The van der Waals surface area contributed by atoms with Crippen molar-refractivity contribution >= 4 is 22.7 Å². The second-order valence-electron chi connectivity index (χ2n) is 9.34. The van der Waals surface area contributed by atoms with Gasteiger partial charge in [0.15, 0.2) is 5.78 Å². The second kappa shape index (κ2) is 13.7. The lowest BCUT2D eigenvalue weighted by atomic mass is 10.0. The number of ether oxygens (including phenoxy) is 1. The summed E-state index contributed by atoms with van der Waals surface area (Å²) in [4.78, 5) is 24.3. The van der Waals surface area contributed by atoms with E-state index in [1.54, 1.807) is 0 Å². The zero-order chi connectivity index (χ0) is 25.0. The largest absolute Gasteiger partial charge is 0.490 e. The van der Waals surface area contributed by atoms with Gasteiger partial charge in [-0.25, -0.2) is 0 Å². The molecule has 0 radical (unpaired) electrons. The monoisotopic (exact) mass is 477 g/mol. The van der Waals surface area contributed by atoms with Crippen LogP contribution in [0.25, 0.3) is 10.9 Å². The molecule has 5 nitrogen and oxygen atoms in total. The predicted octanol–water partition coefficient (Wildman–Crippen LogP) is 7.65. The number of aromatic nitrogens is 1. The molecule has 1 aromatic heterocycles. The molecule has 0 aliphatic rings. The number of para-hydroxylation sites is 1. The Hall–Kier alpha value is -3.08. The summed E-state index contributed by atoms with van der Waals surface area (Å²) in [6, 6.07) is 15.3. The Morgan fingerprint density at radius 1 is 0.886 bits per heavy atom. The van der Waals surface area contributed by atoms with Crippen molar-refractivity contribution in [1.29, 1.82) is 0 Å². The van der Waals surface area contributed by atoms with Gasteiger partial charge >= 0.3 is 5.97 Å². The Kier molecular flexibility index (Phi) is 10.4. The average molecular weight is 478 g/mol. The van der Waals surface area contributed by atoms with Crippen LogP contribution in [-0.4, -0.2) is 27.5 Å². The van der Waals surface area contributed by atoms with Crippen LogP contribution < -0.4 is 4.74 Å². The molecule has 0 saturated carbocycles. The first-order valence-electron chi connectivity index (χ1n) is 13.1. The van der Waals surface area contributed by atoms with E-state index in [9.17, 15) is 9.59 Å². The average Bonchev–Trinajstić information content (AvgIpc) is 3.22. The maximum absolute atomic E-state index is 13.4. The number of hydrogen-bond acceptors (Lipinski definition) is 3. The number of benzene rings is 2. The summed E-state index contributed by atoms with van der Waals surface area (Å²) in [5.41, 5.74) is 2.21. The van der Waals surface area contributed by atoms with E-state index < -0.39 is 5.97 Å². The van der Waals surface area contributed by atoms with E-state index in [4.69, 9.17) is 9.84 Å². The summed E-state index contributed by atoms with van der Waals surface area (Å²) in [5, 5.41) is 9.84. The van der Waals surface area contributed by atoms with Crippen LogP contribution in [0.3, 0.4) is 0 Å². The molecule has 1 N–H and O–H groups in total. The van der Waals surface area contributed by atoms with Gasteiger partial charge in [-0.05, 0) is 56.0 Å². The van der Waals surface area contributed by atoms with Gasteiger partial charge in [-0.2, -0.15) is 0 Å². The summed E-state index contributed by atoms with van der Waals surface area (Å²) in [6.07, 6.45) is 12.2. The van der Waals surface area contributed by atoms with E-state index in [-0.39, 0.29) is 18.3 Å². The molecule has 5 heteroatoms. The maximum atomic E-state index is 13.4. The number of aryl methyl sites for hydroxylation is 1. The summed E-state index contributed by atoms with van der Waals surface area (Å²) in [5.74, 6) is -0.0341. The second-order valence-corrected chi connectivity index (χ2v) is 9.34. The van der Waals surface area contributed by atoms with Gasteiger partial charge in [0.25, 0.3) is 0 Å². The Morgan fingerprint density at radius 2 is 1.63 bits per heavy atom. The van der Waals surface area contributed by atoms with Gasteiger partial charge in [0, 0.05) is 41.2 Å². The molecule has 1 heterocycles. The van der Waals surface area contributed by atoms with E-state index in [0.29, 0.717) is 24.1 Å². The fraction of sp³-hybridized carbons (Fsp3) is 0.467. The first kappa shape index (κ1) is 26.5. The summed E-state index contributed by atoms with van der Waals surface area (Å²) in [6.45, 7) is 4.98. The third-order valence-corrected chi connectivity index (χ3v) is 6.48. The van der Waals surface area contributed by atoms with Gasteiger partial charge < -0.3 is 14.4 Å². The van der Waals surface area contributed by atoms with Gasteiger partial charge in [-0.1, -0.05) is 64.2 Å². The number of aliphatic carboxylic acids is 1. The maximum Gasteiger partial charge on any atom is 0.303 e. The molecule has 35 heavy (non-hydrogen) atoms. The highest BCUT2D eigenvalue weighted by atomic mass is 16.5. The predicted molar refractivity (Wildman–Crippen MR) is 141 cm³/mol. The zero-order valence-corrected chi connectivity index (χ0v) is 21.2. The quantitative estimate of drug-likeness (QED) is 0.170. The molecule has 0 aliphatic carbocycles. The third kappa shape index (κ3) is 7.71. The molecule has 0 saturated heterocycles. The van der Waals surface area contributed by atoms with Gasteiger partial charge in [0.05, 0.1) is 6.10 Å². The fourth-order valence-corrected chi connectivity index (χ4v) is 4.61. The minimum atomic E-state index is -0.808. The van der Waals surface area contributed by atoms with Crippen molar-refractivity contribution in [3.05, 3.63) is 65.9 Å². The van der Waals surface area contributed by atoms with Crippen molar-refractivity contribution < 1.29 is 19.4 Å². The first-order valence-corrected chi connectivity index (χ1v) is 13.1. The molecule has 0 amide bonds. The molecule has 0 aliphatic heterocycles. The molecule has 0 fully saturated rings. The van der Waals surface area contributed by atoms with Gasteiger partial charge in [-0.3, -0.25) is 9.59 Å². The molecule has 188 valence electrons. The number of carbonyl (C=O) groups excluding carboxylic acids is 1. The Morgan fingerprint density at radius 3 is 2.34 bits per heavy atom. The van der Waals surface area contributed by atoms with E-state index >= 15 is 0 Å². The first-order chi connectivity index (χ1) is 17.0. The van der Waals surface area contributed by atoms with Crippen molar-refractivity contribution in [3.8, 4) is 5.75 Å². The van der Waals surface area contributed by atoms with Crippen LogP contribution in [0.2, 0.25) is 0 Å². The zero-order valence-electron chi connectivity index (χ0n) is 21.2. The number of unbranched alkanes of at least 4 members (excludes halogenated alkanes) is 4. The van der Waals surface area contributed by atoms with Crippen LogP contribution in [0.1, 0.15) is 94.0 Å². The molecular formula is C30H39NO4. The van der Waals surface area contributed by atoms with Gasteiger partial charge in [-0.15, -0.1) is 0 Å². The fourth-order valence-electron chi connectivity index (χ4n) is 4.61. The smallest absolute Gasteiger partial charge is 0.303 e. The van der Waals surface area contributed by atoms with Crippen LogP contribution in [0.15, 0.2) is 54.7 Å². The topological polar surface area (TPSA) is 68.5 Å². The molecular weight excluding hydrogens is 438 g/mol. The molecule has 3 aromatic rings. The molecule has 2 aromatic carbocycles. The molecule has 0 spiro atoms. The summed E-state index contributed by atoms with van der Waals surface area (Å²) in [7, 11) is 0. The molecule has 0 bridgehead atoms. The lowest BCUT2D eigenvalue weighted by Crippen LogP contribution is -2.16. The SMILES string of the molecule is CCCCCCCC(CCC)Oc1ccc(C(=O)c2cn(CCCC(=O)O)c3ccccc23)cc1. The minimum Gasteiger partial charge on any atom is -0.490 e. The number of carboxylic acids is 1. The Balaban J connectivity index is 1.68. The van der Waals surface area contributed by atoms with Crippen LogP contribution in [-0.2, 0) is 11.3 Å². The van der Waals surface area contributed by atoms with Crippen molar-refractivity contribution in [2.24, 2.45) is 0 Å². The van der Waals surface area contributed by atoms with Crippen LogP contribution in [0, 0.1) is 0 Å². The normalized spacial score (nSPS) is 12.1. The van der Waals surface area contributed by atoms with Crippen molar-refractivity contribution in [3.63, 3.8) is 0 Å². The van der Waals surface area contributed by atoms with E-state index in [1.165, 1.54) is 32.1 Å². The molecule has 3 rings (SSSR count). The number of fused-ring (bicyclic) bond motifs is 1. The lowest BCUT2D eigenvalue weighted by Gasteiger charge is -2.19. The highest BCUT2D eigenvalue weighted by Crippen LogP contribution is 2.26. The number of rotatable bonds is 16. The Bertz CT molecular complexity index is 1080. The third-order valence-electron chi connectivity index (χ3n) is 6.48. The van der Waals surface area contributed by atoms with E-state index in [1.807, 2.05) is 59.3 Å². The van der Waals surface area contributed by atoms with Crippen LogP contribution in [0.4, 0.5) is 0 Å². The summed E-state index contributed by atoms with van der Waals surface area (Å²) >= 11 is 0. The minimum absolute atomic E-state index is 0.0363. The van der Waals surface area contributed by atoms with Gasteiger partial charge in [0.2, 0.25) is 0 Å². The van der Waals surface area contributed by atoms with Crippen LogP contribution in [0.5, 0.6) is 5.75 Å². The number of nitrogens with zero attached hydrogens (tertiary/aromatic N) is 1. The highest BCUT2D eigenvalue weighted by molar-refractivity contribution is 6.16. The summed E-state index contributed by atoms with van der Waals surface area (Å²) < 4.78 is 8.26.